The molecule has 0 saturated carbocycles. The van der Waals surface area contributed by atoms with Crippen LogP contribution in [-0.4, -0.2) is 266 Å². The van der Waals surface area contributed by atoms with E-state index in [2.05, 4.69) is 63.8 Å². The van der Waals surface area contributed by atoms with Crippen LogP contribution in [0.15, 0.2) is 0 Å². The van der Waals surface area contributed by atoms with E-state index in [1.165, 1.54) is 20.8 Å². The van der Waals surface area contributed by atoms with E-state index >= 15 is 0 Å². The van der Waals surface area contributed by atoms with E-state index < -0.39 is 237 Å². The summed E-state index contributed by atoms with van der Waals surface area (Å²) in [6.45, 7) is 0.795. The number of nitrogens with two attached hydrogens (primary N) is 5. The van der Waals surface area contributed by atoms with Crippen molar-refractivity contribution in [1.29, 1.82) is 10.8 Å². The second-order valence-electron chi connectivity index (χ2n) is 23.5. The lowest BCUT2D eigenvalue weighted by atomic mass is 10.0. The van der Waals surface area contributed by atoms with Crippen molar-refractivity contribution in [3.8, 4) is 0 Å². The number of amides is 14. The molecule has 0 bridgehead atoms. The summed E-state index contributed by atoms with van der Waals surface area (Å²) in [7, 11) is 0. The van der Waals surface area contributed by atoms with Gasteiger partial charge < -0.3 is 128 Å². The molecular weight excluding hydrogens is 1320 g/mol. The minimum absolute atomic E-state index is 0.0588. The topological polar surface area (TPSA) is 720 Å². The lowest BCUT2D eigenvalue weighted by molar-refractivity contribution is -0.146. The number of aliphatic carboxylic acids is 3. The van der Waals surface area contributed by atoms with Gasteiger partial charge in [-0.1, -0.05) is 13.8 Å². The first-order valence-electron chi connectivity index (χ1n) is 31.4. The molecule has 29 N–H and O–H groups in total. The van der Waals surface area contributed by atoms with Gasteiger partial charge in [0.2, 0.25) is 82.7 Å². The number of carboxylic acid groups (broad SMARTS) is 3. The number of nitrogens with one attached hydrogen (secondary N) is 14. The number of rotatable bonds is 44. The maximum absolute atomic E-state index is 14.1. The van der Waals surface area contributed by atoms with E-state index in [1.807, 2.05) is 0 Å². The number of aliphatic hydroxyl groups is 2. The van der Waals surface area contributed by atoms with Crippen LogP contribution in [-0.2, 0) is 81.5 Å². The second kappa shape index (κ2) is 42.2. The van der Waals surface area contributed by atoms with Crippen LogP contribution >= 0.6 is 0 Å². The number of carbonyl (C=O) groups is 17. The van der Waals surface area contributed by atoms with Crippen LogP contribution in [0.1, 0.15) is 111 Å². The van der Waals surface area contributed by atoms with Crippen LogP contribution in [0.3, 0.4) is 0 Å². The van der Waals surface area contributed by atoms with Crippen LogP contribution < -0.4 is 92.5 Å². The number of nitrogens with zero attached hydrogens (tertiary/aromatic N) is 2. The number of carbonyl (C=O) groups excluding carboxylic acids is 14. The molecule has 554 valence electrons. The Morgan fingerprint density at radius 3 is 1.40 bits per heavy atom. The third-order valence-electron chi connectivity index (χ3n) is 15.3. The average Bonchev–Trinajstić information content (AvgIpc) is 1.73. The molecule has 99 heavy (non-hydrogen) atoms. The minimum atomic E-state index is -2.11. The Hall–Kier alpha value is -10.6. The predicted molar refractivity (Wildman–Crippen MR) is 340 cm³/mol. The smallest absolute Gasteiger partial charge is 0.326 e. The number of likely N-dealkylation sites (tertiary alicyclic amines) is 2. The number of hydrogen-bond acceptors (Lipinski definition) is 22. The van der Waals surface area contributed by atoms with Gasteiger partial charge in [0.25, 0.3) is 0 Å². The fourth-order valence-electron chi connectivity index (χ4n) is 10.1. The van der Waals surface area contributed by atoms with Gasteiger partial charge in [-0.2, -0.15) is 0 Å². The molecule has 0 aromatic carbocycles. The Morgan fingerprint density at radius 1 is 0.465 bits per heavy atom. The van der Waals surface area contributed by atoms with E-state index in [-0.39, 0.29) is 89.5 Å². The maximum Gasteiger partial charge on any atom is 0.326 e. The molecule has 43 heteroatoms. The summed E-state index contributed by atoms with van der Waals surface area (Å²) in [5.41, 5.74) is 26.7. The van der Waals surface area contributed by atoms with Crippen molar-refractivity contribution < 1.29 is 107 Å². The van der Waals surface area contributed by atoms with Crippen molar-refractivity contribution in [2.75, 3.05) is 45.9 Å². The molecule has 2 aliphatic rings. The van der Waals surface area contributed by atoms with E-state index in [4.69, 9.17) is 39.5 Å². The first-order chi connectivity index (χ1) is 46.4. The average molecular weight is 1410 g/mol. The van der Waals surface area contributed by atoms with Crippen molar-refractivity contribution in [2.45, 2.75) is 183 Å². The van der Waals surface area contributed by atoms with Crippen LogP contribution in [0.4, 0.5) is 0 Å². The first-order valence-corrected chi connectivity index (χ1v) is 31.4. The van der Waals surface area contributed by atoms with E-state index in [0.29, 0.717) is 0 Å². The molecule has 0 unspecified atom stereocenters. The van der Waals surface area contributed by atoms with Gasteiger partial charge >= 0.3 is 17.9 Å². The van der Waals surface area contributed by atoms with Gasteiger partial charge in [-0.05, 0) is 77.0 Å². The summed E-state index contributed by atoms with van der Waals surface area (Å²) in [4.78, 5) is 224. The molecule has 0 aromatic rings. The summed E-state index contributed by atoms with van der Waals surface area (Å²) >= 11 is 0. The van der Waals surface area contributed by atoms with Crippen LogP contribution in [0.5, 0.6) is 0 Å². The molecule has 0 radical (unpaired) electrons. The zero-order valence-corrected chi connectivity index (χ0v) is 54.8. The largest absolute Gasteiger partial charge is 0.481 e. The SMILES string of the molecule is CC(C)[C@H](NC(=O)[C@H](CO)NC(=O)[C@H](C)NC(=O)[C@H](CCCNC(=N)N)NC(=O)[C@@H](N)CC(N)=O)C(=O)NCC(=O)N[C@@H](CCC(N)=O)C(=O)N[C@@H](CC(=O)O)C(=O)N[C@@H](CO)C(=O)N1CCC[C@H]1C(=O)N[C@@H](CCC(=O)O)C(=O)N1CCC[C@H]1C(=O)N[C@@H](CCCNC(=N)N)C(=O)O. The number of aliphatic hydroxyl groups excluding tert-OH is 2. The molecule has 2 saturated heterocycles. The Bertz CT molecular complexity index is 2980. The molecule has 43 nitrogen and oxygen atoms in total. The monoisotopic (exact) mass is 1410 g/mol. The molecular formula is C56H93N21O22. The normalized spacial score (nSPS) is 17.0. The number of primary amides is 2. The lowest BCUT2D eigenvalue weighted by Crippen LogP contribution is -2.60. The molecule has 2 aliphatic heterocycles. The quantitative estimate of drug-likeness (QED) is 0.0153. The highest BCUT2D eigenvalue weighted by Crippen LogP contribution is 2.23. The third kappa shape index (κ3) is 29.7. The van der Waals surface area contributed by atoms with Crippen molar-refractivity contribution in [2.24, 2.45) is 34.6 Å². The molecule has 0 aromatic heterocycles. The summed E-state index contributed by atoms with van der Waals surface area (Å²) in [5, 5.41) is 91.9. The number of carboxylic acids is 3. The highest BCUT2D eigenvalue weighted by atomic mass is 16.4. The second-order valence-corrected chi connectivity index (χ2v) is 23.5. The lowest BCUT2D eigenvalue weighted by Gasteiger charge is -2.32. The van der Waals surface area contributed by atoms with Gasteiger partial charge in [-0.25, -0.2) is 4.79 Å². The van der Waals surface area contributed by atoms with E-state index in [9.17, 15) is 107 Å². The Labute approximate surface area is 566 Å². The third-order valence-corrected chi connectivity index (χ3v) is 15.3. The van der Waals surface area contributed by atoms with Gasteiger partial charge in [0.1, 0.15) is 66.5 Å². The van der Waals surface area contributed by atoms with Gasteiger partial charge in [0.15, 0.2) is 11.9 Å². The zero-order chi connectivity index (χ0) is 75.0. The molecule has 2 rings (SSSR count). The zero-order valence-electron chi connectivity index (χ0n) is 54.8. The highest BCUT2D eigenvalue weighted by Gasteiger charge is 2.43. The van der Waals surface area contributed by atoms with Crippen LogP contribution in [0, 0.1) is 16.7 Å². The van der Waals surface area contributed by atoms with Gasteiger partial charge in [0, 0.05) is 39.0 Å². The summed E-state index contributed by atoms with van der Waals surface area (Å²) < 4.78 is 0. The number of guanidine groups is 2. The molecule has 0 aliphatic carbocycles. The summed E-state index contributed by atoms with van der Waals surface area (Å²) in [6.07, 6.45) is -3.72. The Balaban J connectivity index is 2.21. The van der Waals surface area contributed by atoms with Crippen molar-refractivity contribution in [3.63, 3.8) is 0 Å². The van der Waals surface area contributed by atoms with E-state index in [0.717, 1.165) is 9.80 Å². The predicted octanol–water partition coefficient (Wildman–Crippen LogP) is -11.5. The Kier molecular flexibility index (Phi) is 36.0. The van der Waals surface area contributed by atoms with Crippen molar-refractivity contribution in [3.05, 3.63) is 0 Å². The summed E-state index contributed by atoms with van der Waals surface area (Å²) in [5.74, 6) is -20.8. The first kappa shape index (κ1) is 84.5. The summed E-state index contributed by atoms with van der Waals surface area (Å²) in [6, 6.07) is -19.2. The van der Waals surface area contributed by atoms with Crippen LogP contribution in [0.2, 0.25) is 0 Å². The fraction of sp³-hybridized carbons (Fsp3) is 0.661. The molecule has 0 spiro atoms. The standard InChI is InChI=1S/C56H93N21O22/c1-25(2)42(75-48(92)33(23-78)73-43(87)26(3)67-45(89)28(8-4-16-64-55(60)61)69-44(88)27(57)20-38(59)81)51(95)66-22-39(82)68-29(12-14-37(58)80)46(90)72-32(21-41(85)86)47(91)74-34(24-79)53(97)77-19-7-10-35(77)49(93)70-30(13-15-40(83)84)52(96)76-18-6-11-36(76)50(94)71-31(54(98)99)9-5-17-65-56(62)63/h25-36,42,78-79H,4-24,57H2,1-3H3,(H2,58,80)(H2,59,81)(H,66,95)(H,67,89)(H,68,82)(H,69,88)(H,70,93)(H,71,94)(H,72,90)(H,73,87)(H,74,91)(H,75,92)(H,83,84)(H,85,86)(H,98,99)(H4,60,61,64)(H4,62,63,65)/t26-,27-,28-,29-,30-,31-,32-,33-,34-,35-,36-,42-/m0/s1. The molecule has 2 fully saturated rings. The van der Waals surface area contributed by atoms with Crippen molar-refractivity contribution in [1.82, 2.24) is 73.6 Å². The van der Waals surface area contributed by atoms with Gasteiger partial charge in [-0.3, -0.25) is 87.5 Å². The molecule has 14 amide bonds. The highest BCUT2D eigenvalue weighted by molar-refractivity contribution is 6.00. The van der Waals surface area contributed by atoms with Crippen molar-refractivity contribution >= 4 is 113 Å². The van der Waals surface area contributed by atoms with E-state index in [1.54, 1.807) is 0 Å². The number of hydrogen-bond donors (Lipinski definition) is 24. The molecule has 12 atom stereocenters. The minimum Gasteiger partial charge on any atom is -0.481 e. The Morgan fingerprint density at radius 2 is 0.919 bits per heavy atom. The van der Waals surface area contributed by atoms with Crippen LogP contribution in [0.25, 0.3) is 0 Å². The molecule has 2 heterocycles. The van der Waals surface area contributed by atoms with Gasteiger partial charge in [0.05, 0.1) is 38.6 Å². The fourth-order valence-corrected chi connectivity index (χ4v) is 10.1. The van der Waals surface area contributed by atoms with Gasteiger partial charge in [-0.15, -0.1) is 0 Å². The maximum atomic E-state index is 14.1.